The third-order valence-electron chi connectivity index (χ3n) is 4.02. The highest BCUT2D eigenvalue weighted by Gasteiger charge is 2.23. The van der Waals surface area contributed by atoms with Gasteiger partial charge in [-0.3, -0.25) is 9.69 Å². The first-order valence-electron chi connectivity index (χ1n) is 8.13. The van der Waals surface area contributed by atoms with Gasteiger partial charge in [0.15, 0.2) is 0 Å². The number of aryl methyl sites for hydroxylation is 1. The molecule has 2 amide bonds. The zero-order valence-corrected chi connectivity index (χ0v) is 14.0. The number of nitrogens with one attached hydrogen (secondary N) is 1. The molecule has 1 aliphatic heterocycles. The molecule has 6 heteroatoms. The molecule has 0 aliphatic carbocycles. The fourth-order valence-corrected chi connectivity index (χ4v) is 2.63. The van der Waals surface area contributed by atoms with E-state index < -0.39 is 0 Å². The number of benzene rings is 2. The van der Waals surface area contributed by atoms with Crippen LogP contribution in [0.1, 0.15) is 12.0 Å². The molecular weight excluding hydrogens is 320 g/mol. The number of hydrogen-bond acceptors (Lipinski definition) is 4. The maximum Gasteiger partial charge on any atom is 0.414 e. The Labute approximate surface area is 146 Å². The lowest BCUT2D eigenvalue weighted by atomic mass is 10.1. The SMILES string of the molecule is COc1ccc(CCC(=O)Nc2ccc(N3CCOC3=O)cc2)cc1. The predicted molar refractivity (Wildman–Crippen MR) is 95.1 cm³/mol. The molecule has 25 heavy (non-hydrogen) atoms. The molecule has 1 heterocycles. The second kappa shape index (κ2) is 7.70. The summed E-state index contributed by atoms with van der Waals surface area (Å²) in [6.45, 7) is 0.953. The van der Waals surface area contributed by atoms with Crippen molar-refractivity contribution in [2.75, 3.05) is 30.5 Å². The predicted octanol–water partition coefficient (Wildman–Crippen LogP) is 3.22. The first-order chi connectivity index (χ1) is 12.2. The van der Waals surface area contributed by atoms with Crippen LogP contribution in [0, 0.1) is 0 Å². The molecule has 130 valence electrons. The molecule has 1 saturated heterocycles. The number of hydrogen-bond donors (Lipinski definition) is 1. The van der Waals surface area contributed by atoms with Crippen molar-refractivity contribution in [1.82, 2.24) is 0 Å². The Morgan fingerprint density at radius 3 is 2.48 bits per heavy atom. The Kier molecular flexibility index (Phi) is 5.18. The number of anilines is 2. The third-order valence-corrected chi connectivity index (χ3v) is 4.02. The lowest BCUT2D eigenvalue weighted by Crippen LogP contribution is -2.23. The maximum absolute atomic E-state index is 12.1. The summed E-state index contributed by atoms with van der Waals surface area (Å²) in [4.78, 5) is 25.2. The highest BCUT2D eigenvalue weighted by Crippen LogP contribution is 2.21. The summed E-state index contributed by atoms with van der Waals surface area (Å²) in [6, 6.07) is 14.8. The molecular formula is C19H20N2O4. The quantitative estimate of drug-likeness (QED) is 0.877. The molecule has 0 bridgehead atoms. The van der Waals surface area contributed by atoms with Crippen LogP contribution in [0.25, 0.3) is 0 Å². The summed E-state index contributed by atoms with van der Waals surface area (Å²) >= 11 is 0. The van der Waals surface area contributed by atoms with Crippen LogP contribution in [0.5, 0.6) is 5.75 Å². The molecule has 0 aromatic heterocycles. The van der Waals surface area contributed by atoms with Crippen molar-refractivity contribution in [2.24, 2.45) is 0 Å². The van der Waals surface area contributed by atoms with Crippen molar-refractivity contribution in [3.8, 4) is 5.75 Å². The average molecular weight is 340 g/mol. The van der Waals surface area contributed by atoms with E-state index in [0.717, 1.165) is 17.0 Å². The molecule has 2 aromatic carbocycles. The molecule has 0 unspecified atom stereocenters. The molecule has 0 radical (unpaired) electrons. The summed E-state index contributed by atoms with van der Waals surface area (Å²) < 4.78 is 10.0. The average Bonchev–Trinajstić information content (AvgIpc) is 3.07. The summed E-state index contributed by atoms with van der Waals surface area (Å²) in [5.41, 5.74) is 2.55. The number of ether oxygens (including phenoxy) is 2. The van der Waals surface area contributed by atoms with Gasteiger partial charge in [-0.05, 0) is 48.4 Å². The number of rotatable bonds is 6. The summed E-state index contributed by atoms with van der Waals surface area (Å²) in [7, 11) is 1.63. The van der Waals surface area contributed by atoms with Crippen molar-refractivity contribution >= 4 is 23.4 Å². The number of amides is 2. The van der Waals surface area contributed by atoms with Crippen molar-refractivity contribution in [2.45, 2.75) is 12.8 Å². The van der Waals surface area contributed by atoms with E-state index in [4.69, 9.17) is 9.47 Å². The topological polar surface area (TPSA) is 67.9 Å². The highest BCUT2D eigenvalue weighted by atomic mass is 16.6. The van der Waals surface area contributed by atoms with E-state index in [-0.39, 0.29) is 12.0 Å². The minimum absolute atomic E-state index is 0.0517. The Balaban J connectivity index is 1.51. The molecule has 3 rings (SSSR count). The Morgan fingerprint density at radius 2 is 1.88 bits per heavy atom. The molecule has 6 nitrogen and oxygen atoms in total. The van der Waals surface area contributed by atoms with E-state index >= 15 is 0 Å². The Morgan fingerprint density at radius 1 is 1.16 bits per heavy atom. The number of nitrogens with zero attached hydrogens (tertiary/aromatic N) is 1. The van der Waals surface area contributed by atoms with Gasteiger partial charge in [0, 0.05) is 17.8 Å². The highest BCUT2D eigenvalue weighted by molar-refractivity contribution is 5.92. The van der Waals surface area contributed by atoms with Gasteiger partial charge in [0.05, 0.1) is 13.7 Å². The molecule has 1 N–H and O–H groups in total. The lowest BCUT2D eigenvalue weighted by Gasteiger charge is -2.13. The van der Waals surface area contributed by atoms with Gasteiger partial charge in [0.2, 0.25) is 5.91 Å². The molecule has 1 fully saturated rings. The first-order valence-corrected chi connectivity index (χ1v) is 8.13. The van der Waals surface area contributed by atoms with Gasteiger partial charge < -0.3 is 14.8 Å². The number of carbonyl (C=O) groups is 2. The van der Waals surface area contributed by atoms with Crippen molar-refractivity contribution < 1.29 is 19.1 Å². The van der Waals surface area contributed by atoms with E-state index in [1.807, 2.05) is 24.3 Å². The minimum atomic E-state index is -0.337. The van der Waals surface area contributed by atoms with Crippen LogP contribution in [0.4, 0.5) is 16.2 Å². The monoisotopic (exact) mass is 340 g/mol. The molecule has 1 aliphatic rings. The first kappa shape index (κ1) is 16.8. The minimum Gasteiger partial charge on any atom is -0.497 e. The normalized spacial score (nSPS) is 13.5. The van der Waals surface area contributed by atoms with Crippen LogP contribution < -0.4 is 15.0 Å². The zero-order chi connectivity index (χ0) is 17.6. The van der Waals surface area contributed by atoms with Crippen LogP contribution >= 0.6 is 0 Å². The fourth-order valence-electron chi connectivity index (χ4n) is 2.63. The van der Waals surface area contributed by atoms with Crippen molar-refractivity contribution in [1.29, 1.82) is 0 Å². The maximum atomic E-state index is 12.1. The third kappa shape index (κ3) is 4.29. The van der Waals surface area contributed by atoms with Gasteiger partial charge in [-0.2, -0.15) is 0 Å². The summed E-state index contributed by atoms with van der Waals surface area (Å²) in [5, 5.41) is 2.87. The zero-order valence-electron chi connectivity index (χ0n) is 14.0. The van der Waals surface area contributed by atoms with E-state index in [1.54, 1.807) is 36.3 Å². The molecule has 0 spiro atoms. The second-order valence-electron chi connectivity index (χ2n) is 5.71. The van der Waals surface area contributed by atoms with Crippen LogP contribution in [-0.2, 0) is 16.0 Å². The largest absolute Gasteiger partial charge is 0.497 e. The van der Waals surface area contributed by atoms with Gasteiger partial charge in [0.1, 0.15) is 12.4 Å². The van der Waals surface area contributed by atoms with Gasteiger partial charge >= 0.3 is 6.09 Å². The van der Waals surface area contributed by atoms with Crippen LogP contribution in [-0.4, -0.2) is 32.3 Å². The summed E-state index contributed by atoms with van der Waals surface area (Å²) in [6.07, 6.45) is 0.719. The van der Waals surface area contributed by atoms with E-state index in [2.05, 4.69) is 5.32 Å². The number of cyclic esters (lactones) is 1. The Hall–Kier alpha value is -3.02. The molecule has 0 atom stereocenters. The van der Waals surface area contributed by atoms with Gasteiger partial charge in [-0.1, -0.05) is 12.1 Å². The van der Waals surface area contributed by atoms with Crippen LogP contribution in [0.2, 0.25) is 0 Å². The second-order valence-corrected chi connectivity index (χ2v) is 5.71. The standard InChI is InChI=1S/C19H20N2O4/c1-24-17-9-2-14(3-10-17)4-11-18(22)20-15-5-7-16(8-6-15)21-12-13-25-19(21)23/h2-3,5-10H,4,11-13H2,1H3,(H,20,22). The summed E-state index contributed by atoms with van der Waals surface area (Å²) in [5.74, 6) is 0.749. The van der Waals surface area contributed by atoms with Gasteiger partial charge in [-0.15, -0.1) is 0 Å². The fraction of sp³-hybridized carbons (Fsp3) is 0.263. The number of carbonyl (C=O) groups excluding carboxylic acids is 2. The van der Waals surface area contributed by atoms with Gasteiger partial charge in [0.25, 0.3) is 0 Å². The number of methoxy groups -OCH3 is 1. The van der Waals surface area contributed by atoms with Crippen molar-refractivity contribution in [3.63, 3.8) is 0 Å². The van der Waals surface area contributed by atoms with E-state index in [0.29, 0.717) is 31.7 Å². The van der Waals surface area contributed by atoms with E-state index in [1.165, 1.54) is 0 Å². The lowest BCUT2D eigenvalue weighted by molar-refractivity contribution is -0.116. The molecule has 2 aromatic rings. The van der Waals surface area contributed by atoms with Crippen LogP contribution in [0.15, 0.2) is 48.5 Å². The Bertz CT molecular complexity index is 741. The molecule has 0 saturated carbocycles. The van der Waals surface area contributed by atoms with Gasteiger partial charge in [-0.25, -0.2) is 4.79 Å². The van der Waals surface area contributed by atoms with Crippen molar-refractivity contribution in [3.05, 3.63) is 54.1 Å². The van der Waals surface area contributed by atoms with Crippen LogP contribution in [0.3, 0.4) is 0 Å². The smallest absolute Gasteiger partial charge is 0.414 e. The van der Waals surface area contributed by atoms with E-state index in [9.17, 15) is 9.59 Å².